The van der Waals surface area contributed by atoms with Gasteiger partial charge in [-0.15, -0.1) is 0 Å². The second kappa shape index (κ2) is 9.60. The number of aryl methyl sites for hydroxylation is 1. The Bertz CT molecular complexity index is 1010. The summed E-state index contributed by atoms with van der Waals surface area (Å²) in [4.78, 5) is 32.9. The van der Waals surface area contributed by atoms with Crippen molar-refractivity contribution in [3.63, 3.8) is 0 Å². The number of benzene rings is 1. The fourth-order valence-corrected chi connectivity index (χ4v) is 4.21. The molecular weight excluding hydrogens is 390 g/mol. The number of para-hydroxylation sites is 1. The number of nitrogens with one attached hydrogen (secondary N) is 1. The SMILES string of the molecule is Cc1ccccc1N(C(=O)c1ccco1)[C@@H](C(=O)NC1CCCCC1)c1ccncc1. The normalized spacial score (nSPS) is 15.3. The molecule has 3 aromatic rings. The van der Waals surface area contributed by atoms with Crippen LogP contribution in [0.5, 0.6) is 0 Å². The van der Waals surface area contributed by atoms with E-state index in [9.17, 15) is 9.59 Å². The summed E-state index contributed by atoms with van der Waals surface area (Å²) in [6, 6.07) is 13.7. The molecule has 0 saturated heterocycles. The first kappa shape index (κ1) is 20.8. The predicted octanol–water partition coefficient (Wildman–Crippen LogP) is 4.82. The standard InChI is InChI=1S/C25H27N3O3/c1-18-8-5-6-11-21(18)28(25(30)22-12-7-17-31-22)23(19-13-15-26-16-14-19)24(29)27-20-9-3-2-4-10-20/h5-8,11-17,20,23H,2-4,9-10H2,1H3,(H,27,29)/t23-/m1/s1. The Balaban J connectivity index is 1.78. The average molecular weight is 418 g/mol. The molecular formula is C25H27N3O3. The van der Waals surface area contributed by atoms with Crippen LogP contribution in [-0.2, 0) is 4.79 Å². The molecule has 2 heterocycles. The van der Waals surface area contributed by atoms with Crippen LogP contribution < -0.4 is 10.2 Å². The number of furan rings is 1. The van der Waals surface area contributed by atoms with Crippen molar-refractivity contribution >= 4 is 17.5 Å². The minimum Gasteiger partial charge on any atom is -0.459 e. The molecule has 1 fully saturated rings. The van der Waals surface area contributed by atoms with E-state index in [-0.39, 0.29) is 23.6 Å². The number of aromatic nitrogens is 1. The number of rotatable bonds is 6. The highest BCUT2D eigenvalue weighted by atomic mass is 16.3. The topological polar surface area (TPSA) is 75.4 Å². The van der Waals surface area contributed by atoms with Crippen molar-refractivity contribution in [1.29, 1.82) is 0 Å². The maximum Gasteiger partial charge on any atom is 0.294 e. The van der Waals surface area contributed by atoms with Crippen molar-refractivity contribution in [1.82, 2.24) is 10.3 Å². The van der Waals surface area contributed by atoms with Crippen LogP contribution in [0.1, 0.15) is 59.8 Å². The third-order valence-electron chi connectivity index (χ3n) is 5.81. The third kappa shape index (κ3) is 4.68. The Morgan fingerprint density at radius 1 is 1.03 bits per heavy atom. The average Bonchev–Trinajstić information content (AvgIpc) is 3.34. The van der Waals surface area contributed by atoms with Gasteiger partial charge in [-0.2, -0.15) is 0 Å². The number of amides is 2. The van der Waals surface area contributed by atoms with Crippen LogP contribution in [0.2, 0.25) is 0 Å². The van der Waals surface area contributed by atoms with Crippen LogP contribution in [0.4, 0.5) is 5.69 Å². The fraction of sp³-hybridized carbons (Fsp3) is 0.320. The molecule has 6 nitrogen and oxygen atoms in total. The molecule has 0 bridgehead atoms. The van der Waals surface area contributed by atoms with Crippen molar-refractivity contribution in [2.75, 3.05) is 4.90 Å². The molecule has 0 spiro atoms. The smallest absolute Gasteiger partial charge is 0.294 e. The molecule has 1 aromatic carbocycles. The lowest BCUT2D eigenvalue weighted by Crippen LogP contribution is -2.47. The van der Waals surface area contributed by atoms with Crippen LogP contribution in [0, 0.1) is 6.92 Å². The molecule has 31 heavy (non-hydrogen) atoms. The maximum atomic E-state index is 13.7. The lowest BCUT2D eigenvalue weighted by atomic mass is 9.94. The maximum absolute atomic E-state index is 13.7. The molecule has 2 aromatic heterocycles. The summed E-state index contributed by atoms with van der Waals surface area (Å²) in [5.41, 5.74) is 2.27. The molecule has 2 amide bonds. The van der Waals surface area contributed by atoms with Crippen LogP contribution in [0.25, 0.3) is 0 Å². The highest BCUT2D eigenvalue weighted by Crippen LogP contribution is 2.32. The fourth-order valence-electron chi connectivity index (χ4n) is 4.21. The summed E-state index contributed by atoms with van der Waals surface area (Å²) in [6.45, 7) is 1.93. The van der Waals surface area contributed by atoms with Gasteiger partial charge in [-0.1, -0.05) is 37.5 Å². The van der Waals surface area contributed by atoms with Gasteiger partial charge in [0.15, 0.2) is 5.76 Å². The van der Waals surface area contributed by atoms with Crippen LogP contribution in [-0.4, -0.2) is 22.8 Å². The number of carbonyl (C=O) groups excluding carboxylic acids is 2. The largest absolute Gasteiger partial charge is 0.459 e. The van der Waals surface area contributed by atoms with E-state index in [1.165, 1.54) is 12.7 Å². The van der Waals surface area contributed by atoms with E-state index in [2.05, 4.69) is 10.3 Å². The first-order chi connectivity index (χ1) is 15.1. The van der Waals surface area contributed by atoms with Gasteiger partial charge in [-0.3, -0.25) is 19.5 Å². The molecule has 1 N–H and O–H groups in total. The van der Waals surface area contributed by atoms with Crippen molar-refractivity contribution in [3.8, 4) is 0 Å². The van der Waals surface area contributed by atoms with Gasteiger partial charge in [0.25, 0.3) is 5.91 Å². The molecule has 1 aliphatic rings. The van der Waals surface area contributed by atoms with E-state index in [1.807, 2.05) is 31.2 Å². The molecule has 0 radical (unpaired) electrons. The zero-order valence-electron chi connectivity index (χ0n) is 17.7. The minimum absolute atomic E-state index is 0.128. The number of pyridine rings is 1. The quantitative estimate of drug-likeness (QED) is 0.624. The zero-order valence-corrected chi connectivity index (χ0v) is 17.7. The van der Waals surface area contributed by atoms with E-state index >= 15 is 0 Å². The second-order valence-electron chi connectivity index (χ2n) is 7.97. The van der Waals surface area contributed by atoms with Gasteiger partial charge in [-0.25, -0.2) is 0 Å². The monoisotopic (exact) mass is 417 g/mol. The van der Waals surface area contributed by atoms with Gasteiger partial charge >= 0.3 is 0 Å². The van der Waals surface area contributed by atoms with E-state index in [0.29, 0.717) is 11.3 Å². The molecule has 0 aliphatic heterocycles. The molecule has 6 heteroatoms. The molecule has 160 valence electrons. The number of anilines is 1. The Morgan fingerprint density at radius 3 is 2.45 bits per heavy atom. The highest BCUT2D eigenvalue weighted by Gasteiger charge is 2.36. The van der Waals surface area contributed by atoms with Gasteiger partial charge < -0.3 is 9.73 Å². The van der Waals surface area contributed by atoms with Crippen molar-refractivity contribution in [3.05, 3.63) is 84.1 Å². The third-order valence-corrected chi connectivity index (χ3v) is 5.81. The summed E-state index contributed by atoms with van der Waals surface area (Å²) >= 11 is 0. The Kier molecular flexibility index (Phi) is 6.46. The van der Waals surface area contributed by atoms with Crippen LogP contribution >= 0.6 is 0 Å². The molecule has 1 atom stereocenters. The Morgan fingerprint density at radius 2 is 1.77 bits per heavy atom. The van der Waals surface area contributed by atoms with Gasteiger partial charge in [0.2, 0.25) is 5.91 Å². The summed E-state index contributed by atoms with van der Waals surface area (Å²) < 4.78 is 5.42. The van der Waals surface area contributed by atoms with Gasteiger partial charge in [-0.05, 0) is 61.2 Å². The number of nitrogens with zero attached hydrogens (tertiary/aromatic N) is 2. The van der Waals surface area contributed by atoms with Crippen molar-refractivity contribution in [2.45, 2.75) is 51.1 Å². The van der Waals surface area contributed by atoms with E-state index in [0.717, 1.165) is 31.2 Å². The van der Waals surface area contributed by atoms with Gasteiger partial charge in [0.05, 0.1) is 6.26 Å². The lowest BCUT2D eigenvalue weighted by molar-refractivity contribution is -0.123. The highest BCUT2D eigenvalue weighted by molar-refractivity contribution is 6.09. The van der Waals surface area contributed by atoms with Crippen LogP contribution in [0.3, 0.4) is 0 Å². The molecule has 1 aliphatic carbocycles. The second-order valence-corrected chi connectivity index (χ2v) is 7.97. The summed E-state index contributed by atoms with van der Waals surface area (Å²) in [7, 11) is 0. The van der Waals surface area contributed by atoms with E-state index in [4.69, 9.17) is 4.42 Å². The Labute approximate surface area is 182 Å². The summed E-state index contributed by atoms with van der Waals surface area (Å²) in [6.07, 6.45) is 10.1. The van der Waals surface area contributed by atoms with Crippen molar-refractivity contribution < 1.29 is 14.0 Å². The lowest BCUT2D eigenvalue weighted by Gasteiger charge is -2.33. The van der Waals surface area contributed by atoms with E-state index in [1.54, 1.807) is 41.6 Å². The first-order valence-electron chi connectivity index (χ1n) is 10.8. The van der Waals surface area contributed by atoms with Gasteiger partial charge in [0.1, 0.15) is 6.04 Å². The Hall–Kier alpha value is -3.41. The minimum atomic E-state index is -0.844. The van der Waals surface area contributed by atoms with E-state index < -0.39 is 6.04 Å². The summed E-state index contributed by atoms with van der Waals surface area (Å²) in [5.74, 6) is -0.367. The zero-order chi connectivity index (χ0) is 21.6. The molecule has 4 rings (SSSR count). The van der Waals surface area contributed by atoms with Crippen LogP contribution in [0.15, 0.2) is 71.6 Å². The van der Waals surface area contributed by atoms with Gasteiger partial charge in [0, 0.05) is 24.1 Å². The van der Waals surface area contributed by atoms with Crippen molar-refractivity contribution in [2.24, 2.45) is 0 Å². The number of carbonyl (C=O) groups is 2. The molecule has 0 unspecified atom stereocenters. The predicted molar refractivity (Wildman–Crippen MR) is 119 cm³/mol. The summed E-state index contributed by atoms with van der Waals surface area (Å²) in [5, 5.41) is 3.20. The number of hydrogen-bond acceptors (Lipinski definition) is 4. The molecule has 1 saturated carbocycles. The number of hydrogen-bond donors (Lipinski definition) is 1. The first-order valence-corrected chi connectivity index (χ1v) is 10.8.